The lowest BCUT2D eigenvalue weighted by molar-refractivity contribution is 0.937. The van der Waals surface area contributed by atoms with Gasteiger partial charge in [0.2, 0.25) is 0 Å². The molecule has 0 unspecified atom stereocenters. The number of aromatic nitrogens is 2. The van der Waals surface area contributed by atoms with E-state index in [-0.39, 0.29) is 5.56 Å². The average Bonchev–Trinajstić information content (AvgIpc) is 2.36. The van der Waals surface area contributed by atoms with Gasteiger partial charge in [-0.05, 0) is 32.2 Å². The molecule has 0 aliphatic rings. The number of rotatable bonds is 2. The third kappa shape index (κ3) is 2.69. The molecular formula is C14H13N3OS. The summed E-state index contributed by atoms with van der Waals surface area (Å²) in [7, 11) is 0. The SMILES string of the molecule is CSc1nc(-c2cc(C)cc(C)c2)c(C#N)c(=O)[nH]1. The molecule has 0 atom stereocenters. The molecule has 96 valence electrons. The molecule has 0 aliphatic heterocycles. The van der Waals surface area contributed by atoms with E-state index in [1.54, 1.807) is 0 Å². The van der Waals surface area contributed by atoms with Crippen LogP contribution in [0.15, 0.2) is 28.2 Å². The van der Waals surface area contributed by atoms with Crippen molar-refractivity contribution < 1.29 is 0 Å². The van der Waals surface area contributed by atoms with Gasteiger partial charge in [-0.1, -0.05) is 29.0 Å². The lowest BCUT2D eigenvalue weighted by atomic mass is 10.0. The van der Waals surface area contributed by atoms with Gasteiger partial charge in [-0.15, -0.1) is 0 Å². The number of aromatic amines is 1. The van der Waals surface area contributed by atoms with Gasteiger partial charge in [0.15, 0.2) is 5.16 Å². The molecule has 1 aromatic carbocycles. The Morgan fingerprint density at radius 2 is 1.89 bits per heavy atom. The van der Waals surface area contributed by atoms with Crippen LogP contribution in [0.1, 0.15) is 16.7 Å². The molecule has 4 nitrogen and oxygen atoms in total. The molecule has 0 spiro atoms. The fourth-order valence-electron chi connectivity index (χ4n) is 1.97. The first-order chi connectivity index (χ1) is 9.05. The highest BCUT2D eigenvalue weighted by Crippen LogP contribution is 2.23. The quantitative estimate of drug-likeness (QED) is 0.673. The molecule has 0 radical (unpaired) electrons. The van der Waals surface area contributed by atoms with Crippen LogP contribution in [0.25, 0.3) is 11.3 Å². The summed E-state index contributed by atoms with van der Waals surface area (Å²) >= 11 is 1.34. The minimum absolute atomic E-state index is 0.0581. The number of benzene rings is 1. The van der Waals surface area contributed by atoms with Crippen molar-refractivity contribution >= 4 is 11.8 Å². The van der Waals surface area contributed by atoms with Gasteiger partial charge in [-0.2, -0.15) is 5.26 Å². The molecule has 0 bridgehead atoms. The zero-order valence-corrected chi connectivity index (χ0v) is 11.8. The zero-order chi connectivity index (χ0) is 14.0. The van der Waals surface area contributed by atoms with E-state index >= 15 is 0 Å². The third-order valence-corrected chi connectivity index (χ3v) is 3.28. The van der Waals surface area contributed by atoms with Crippen LogP contribution in [0, 0.1) is 25.2 Å². The lowest BCUT2D eigenvalue weighted by Gasteiger charge is -2.07. The summed E-state index contributed by atoms with van der Waals surface area (Å²) < 4.78 is 0. The normalized spacial score (nSPS) is 10.2. The van der Waals surface area contributed by atoms with E-state index in [1.807, 2.05) is 44.4 Å². The van der Waals surface area contributed by atoms with Crippen LogP contribution in [0.2, 0.25) is 0 Å². The fourth-order valence-corrected chi connectivity index (χ4v) is 2.35. The van der Waals surface area contributed by atoms with Crippen LogP contribution in [0.4, 0.5) is 0 Å². The first-order valence-electron chi connectivity index (χ1n) is 5.72. The van der Waals surface area contributed by atoms with Crippen molar-refractivity contribution in [3.8, 4) is 17.3 Å². The smallest absolute Gasteiger partial charge is 0.270 e. The van der Waals surface area contributed by atoms with Crippen molar-refractivity contribution in [3.05, 3.63) is 45.2 Å². The Morgan fingerprint density at radius 3 is 2.42 bits per heavy atom. The summed E-state index contributed by atoms with van der Waals surface area (Å²) in [5.74, 6) is 0. The van der Waals surface area contributed by atoms with Crippen molar-refractivity contribution in [3.63, 3.8) is 0 Å². The maximum Gasteiger partial charge on any atom is 0.270 e. The van der Waals surface area contributed by atoms with E-state index in [0.29, 0.717) is 10.9 Å². The topological polar surface area (TPSA) is 69.5 Å². The maximum absolute atomic E-state index is 11.9. The standard InChI is InChI=1S/C14H13N3OS/c1-8-4-9(2)6-10(5-8)12-11(7-15)13(18)17-14(16-12)19-3/h4-6H,1-3H3,(H,16,17,18). The van der Waals surface area contributed by atoms with Gasteiger partial charge in [0.25, 0.3) is 5.56 Å². The van der Waals surface area contributed by atoms with E-state index in [0.717, 1.165) is 16.7 Å². The van der Waals surface area contributed by atoms with E-state index in [4.69, 9.17) is 5.26 Å². The number of hydrogen-bond acceptors (Lipinski definition) is 4. The van der Waals surface area contributed by atoms with Gasteiger partial charge >= 0.3 is 0 Å². The lowest BCUT2D eigenvalue weighted by Crippen LogP contribution is -2.14. The summed E-state index contributed by atoms with van der Waals surface area (Å²) in [4.78, 5) is 18.8. The predicted molar refractivity (Wildman–Crippen MR) is 76.3 cm³/mol. The number of aryl methyl sites for hydroxylation is 2. The van der Waals surface area contributed by atoms with E-state index in [1.165, 1.54) is 11.8 Å². The van der Waals surface area contributed by atoms with Crippen molar-refractivity contribution in [2.45, 2.75) is 19.0 Å². The highest BCUT2D eigenvalue weighted by molar-refractivity contribution is 7.98. The van der Waals surface area contributed by atoms with Crippen LogP contribution in [-0.4, -0.2) is 16.2 Å². The monoisotopic (exact) mass is 271 g/mol. The molecule has 0 amide bonds. The van der Waals surface area contributed by atoms with Crippen molar-refractivity contribution in [1.82, 2.24) is 9.97 Å². The van der Waals surface area contributed by atoms with Gasteiger partial charge in [0, 0.05) is 5.56 Å². The first kappa shape index (κ1) is 13.4. The van der Waals surface area contributed by atoms with Gasteiger partial charge in [0.05, 0.1) is 5.69 Å². The average molecular weight is 271 g/mol. The maximum atomic E-state index is 11.9. The number of H-pyrrole nitrogens is 1. The van der Waals surface area contributed by atoms with E-state index in [2.05, 4.69) is 9.97 Å². The molecule has 19 heavy (non-hydrogen) atoms. The third-order valence-electron chi connectivity index (χ3n) is 2.70. The predicted octanol–water partition coefficient (Wildman–Crippen LogP) is 2.65. The fraction of sp³-hybridized carbons (Fsp3) is 0.214. The zero-order valence-electron chi connectivity index (χ0n) is 10.9. The molecule has 1 heterocycles. The summed E-state index contributed by atoms with van der Waals surface area (Å²) in [6.45, 7) is 3.95. The molecular weight excluding hydrogens is 258 g/mol. The van der Waals surface area contributed by atoms with Gasteiger partial charge in [-0.25, -0.2) is 4.98 Å². The molecule has 2 aromatic rings. The molecule has 5 heteroatoms. The number of thioether (sulfide) groups is 1. The second-order valence-electron chi connectivity index (χ2n) is 4.29. The molecule has 0 saturated heterocycles. The van der Waals surface area contributed by atoms with E-state index < -0.39 is 5.56 Å². The Balaban J connectivity index is 2.77. The van der Waals surface area contributed by atoms with Crippen LogP contribution in [0.5, 0.6) is 0 Å². The Bertz CT molecular complexity index is 708. The van der Waals surface area contributed by atoms with Gasteiger partial charge in [-0.3, -0.25) is 4.79 Å². The number of nitrogens with zero attached hydrogens (tertiary/aromatic N) is 2. The number of hydrogen-bond donors (Lipinski definition) is 1. The molecule has 1 aromatic heterocycles. The summed E-state index contributed by atoms with van der Waals surface area (Å²) in [6, 6.07) is 7.84. The van der Waals surface area contributed by atoms with E-state index in [9.17, 15) is 4.79 Å². The molecule has 0 saturated carbocycles. The molecule has 0 aliphatic carbocycles. The summed E-state index contributed by atoms with van der Waals surface area (Å²) in [6.07, 6.45) is 1.83. The van der Waals surface area contributed by atoms with Crippen LogP contribution < -0.4 is 5.56 Å². The molecule has 2 rings (SSSR count). The van der Waals surface area contributed by atoms with Crippen molar-refractivity contribution in [2.75, 3.05) is 6.26 Å². The van der Waals surface area contributed by atoms with Crippen LogP contribution in [0.3, 0.4) is 0 Å². The second kappa shape index (κ2) is 5.29. The minimum Gasteiger partial charge on any atom is -0.300 e. The summed E-state index contributed by atoms with van der Waals surface area (Å²) in [5, 5.41) is 9.66. The number of nitriles is 1. The van der Waals surface area contributed by atoms with Crippen LogP contribution in [-0.2, 0) is 0 Å². The molecule has 0 fully saturated rings. The Morgan fingerprint density at radius 1 is 1.26 bits per heavy atom. The van der Waals surface area contributed by atoms with Crippen molar-refractivity contribution in [1.29, 1.82) is 5.26 Å². The Labute approximate surface area is 115 Å². The van der Waals surface area contributed by atoms with Gasteiger partial charge < -0.3 is 4.98 Å². The highest BCUT2D eigenvalue weighted by Gasteiger charge is 2.13. The molecule has 1 N–H and O–H groups in total. The minimum atomic E-state index is -0.393. The van der Waals surface area contributed by atoms with Gasteiger partial charge in [0.1, 0.15) is 11.6 Å². The van der Waals surface area contributed by atoms with Crippen LogP contribution >= 0.6 is 11.8 Å². The largest absolute Gasteiger partial charge is 0.300 e. The highest BCUT2D eigenvalue weighted by atomic mass is 32.2. The van der Waals surface area contributed by atoms with Crippen molar-refractivity contribution in [2.24, 2.45) is 0 Å². The number of nitrogens with one attached hydrogen (secondary N) is 1. The Kier molecular flexibility index (Phi) is 3.72. The summed E-state index contributed by atoms with van der Waals surface area (Å²) in [5.41, 5.74) is 3.06. The first-order valence-corrected chi connectivity index (χ1v) is 6.94. The second-order valence-corrected chi connectivity index (χ2v) is 5.08. The Hall–Kier alpha value is -2.06.